The second-order valence-corrected chi connectivity index (χ2v) is 7.12. The fourth-order valence-electron chi connectivity index (χ4n) is 3.89. The molecule has 2 fully saturated rings. The first kappa shape index (κ1) is 14.8. The molecule has 4 atom stereocenters. The molecule has 2 aromatic rings. The van der Waals surface area contributed by atoms with Gasteiger partial charge in [0.1, 0.15) is 5.01 Å². The Kier molecular flexibility index (Phi) is 3.91. The third-order valence-electron chi connectivity index (χ3n) is 4.98. The highest BCUT2D eigenvalue weighted by Crippen LogP contribution is 2.45. The van der Waals surface area contributed by atoms with E-state index in [1.165, 1.54) is 12.7 Å². The van der Waals surface area contributed by atoms with Crippen molar-refractivity contribution >= 4 is 17.3 Å². The van der Waals surface area contributed by atoms with Crippen molar-refractivity contribution in [2.45, 2.75) is 37.4 Å². The second-order valence-electron chi connectivity index (χ2n) is 6.22. The van der Waals surface area contributed by atoms with Gasteiger partial charge in [0.2, 0.25) is 0 Å². The van der Waals surface area contributed by atoms with Gasteiger partial charge in [0.25, 0.3) is 0 Å². The summed E-state index contributed by atoms with van der Waals surface area (Å²) in [6.07, 6.45) is 5.00. The van der Waals surface area contributed by atoms with E-state index in [1.807, 2.05) is 11.6 Å². The summed E-state index contributed by atoms with van der Waals surface area (Å²) < 4.78 is 11.0. The van der Waals surface area contributed by atoms with Gasteiger partial charge in [-0.1, -0.05) is 24.3 Å². The van der Waals surface area contributed by atoms with E-state index in [0.29, 0.717) is 0 Å². The van der Waals surface area contributed by atoms with E-state index in [-0.39, 0.29) is 30.0 Å². The molecule has 0 unspecified atom stereocenters. The number of benzene rings is 1. The highest BCUT2D eigenvalue weighted by Gasteiger charge is 2.47. The van der Waals surface area contributed by atoms with Crippen LogP contribution in [0.2, 0.25) is 0 Å². The number of carbonyl (C=O) groups is 1. The number of aromatic nitrogens is 1. The Morgan fingerprint density at radius 3 is 2.83 bits per heavy atom. The maximum atomic E-state index is 12.3. The van der Waals surface area contributed by atoms with Crippen LogP contribution < -0.4 is 0 Å². The monoisotopic (exact) mass is 329 g/mol. The Hall–Kier alpha value is -1.72. The number of hydrogen-bond acceptors (Lipinski definition) is 5. The summed E-state index contributed by atoms with van der Waals surface area (Å²) in [7, 11) is 1.46. The number of rotatable bonds is 3. The van der Waals surface area contributed by atoms with Gasteiger partial charge in [0.15, 0.2) is 0 Å². The lowest BCUT2D eigenvalue weighted by Crippen LogP contribution is -2.39. The molecule has 0 radical (unpaired) electrons. The van der Waals surface area contributed by atoms with Crippen LogP contribution in [0.1, 0.15) is 30.7 Å². The predicted molar refractivity (Wildman–Crippen MR) is 88.3 cm³/mol. The van der Waals surface area contributed by atoms with E-state index in [9.17, 15) is 4.79 Å². The third kappa shape index (κ3) is 2.68. The molecule has 2 saturated heterocycles. The van der Waals surface area contributed by atoms with Crippen molar-refractivity contribution in [1.82, 2.24) is 4.98 Å². The van der Waals surface area contributed by atoms with Gasteiger partial charge in [-0.3, -0.25) is 4.79 Å². The standard InChI is InChI=1S/C18H19NO3S/c1-21-18(20)16-14(10-13-6-7-15(16)22-13)11-2-4-12(5-3-11)17-19-8-9-23-17/h2-5,8-9,13-16H,6-7,10H2,1H3/t13-,14-,15+,16-/m0/s1. The molecule has 4 rings (SSSR count). The third-order valence-corrected chi connectivity index (χ3v) is 5.80. The van der Waals surface area contributed by atoms with Crippen molar-refractivity contribution in [3.8, 4) is 10.6 Å². The summed E-state index contributed by atoms with van der Waals surface area (Å²) in [6.45, 7) is 0. The van der Waals surface area contributed by atoms with Crippen molar-refractivity contribution in [2.24, 2.45) is 5.92 Å². The van der Waals surface area contributed by atoms with Crippen LogP contribution in [0, 0.1) is 5.92 Å². The Morgan fingerprint density at radius 1 is 1.30 bits per heavy atom. The minimum Gasteiger partial charge on any atom is -0.469 e. The van der Waals surface area contributed by atoms with Crippen LogP contribution in [0.4, 0.5) is 0 Å². The highest BCUT2D eigenvalue weighted by molar-refractivity contribution is 7.13. The maximum absolute atomic E-state index is 12.3. The van der Waals surface area contributed by atoms with Crippen molar-refractivity contribution in [1.29, 1.82) is 0 Å². The second kappa shape index (κ2) is 6.06. The minimum absolute atomic E-state index is 0.00448. The summed E-state index contributed by atoms with van der Waals surface area (Å²) in [5, 5.41) is 3.00. The Morgan fingerprint density at radius 2 is 2.13 bits per heavy atom. The molecular weight excluding hydrogens is 310 g/mol. The number of ether oxygens (including phenoxy) is 2. The number of methoxy groups -OCH3 is 1. The Balaban J connectivity index is 1.63. The van der Waals surface area contributed by atoms with Gasteiger partial charge >= 0.3 is 5.97 Å². The van der Waals surface area contributed by atoms with Gasteiger partial charge in [0, 0.05) is 23.1 Å². The SMILES string of the molecule is COC(=O)[C@@H]1[C@H]2CC[C@@H](C[C@H]1c1ccc(-c3nccs3)cc1)O2. The molecule has 0 spiro atoms. The van der Waals surface area contributed by atoms with Gasteiger partial charge in [-0.2, -0.15) is 0 Å². The van der Waals surface area contributed by atoms with Gasteiger partial charge in [-0.15, -0.1) is 11.3 Å². The smallest absolute Gasteiger partial charge is 0.311 e. The first-order chi connectivity index (χ1) is 11.3. The van der Waals surface area contributed by atoms with E-state index >= 15 is 0 Å². The largest absolute Gasteiger partial charge is 0.469 e. The number of esters is 1. The van der Waals surface area contributed by atoms with Crippen LogP contribution in [0.3, 0.4) is 0 Å². The highest BCUT2D eigenvalue weighted by atomic mass is 32.1. The molecule has 1 aromatic heterocycles. The molecule has 4 nitrogen and oxygen atoms in total. The lowest BCUT2D eigenvalue weighted by atomic mass is 9.79. The first-order valence-corrected chi connectivity index (χ1v) is 8.87. The van der Waals surface area contributed by atoms with E-state index in [4.69, 9.17) is 9.47 Å². The zero-order valence-electron chi connectivity index (χ0n) is 13.0. The molecule has 0 aliphatic carbocycles. The van der Waals surface area contributed by atoms with E-state index in [0.717, 1.165) is 29.8 Å². The summed E-state index contributed by atoms with van der Waals surface area (Å²) in [6, 6.07) is 8.45. The summed E-state index contributed by atoms with van der Waals surface area (Å²) in [4.78, 5) is 16.6. The van der Waals surface area contributed by atoms with E-state index in [1.54, 1.807) is 11.3 Å². The van der Waals surface area contributed by atoms with Crippen LogP contribution >= 0.6 is 11.3 Å². The topological polar surface area (TPSA) is 48.4 Å². The minimum atomic E-state index is -0.190. The molecule has 0 saturated carbocycles. The molecule has 0 amide bonds. The first-order valence-electron chi connectivity index (χ1n) is 7.99. The van der Waals surface area contributed by atoms with Gasteiger partial charge in [-0.05, 0) is 24.8 Å². The molecule has 1 aromatic carbocycles. The lowest BCUT2D eigenvalue weighted by Gasteiger charge is -2.35. The molecule has 5 heteroatoms. The van der Waals surface area contributed by atoms with Crippen LogP contribution in [-0.4, -0.2) is 30.3 Å². The maximum Gasteiger partial charge on any atom is 0.311 e. The van der Waals surface area contributed by atoms with Gasteiger partial charge in [0.05, 0.1) is 25.2 Å². The summed E-state index contributed by atoms with van der Waals surface area (Å²) in [5.74, 6) is -0.159. The van der Waals surface area contributed by atoms with Crippen molar-refractivity contribution in [2.75, 3.05) is 7.11 Å². The summed E-state index contributed by atoms with van der Waals surface area (Å²) in [5.41, 5.74) is 2.31. The number of fused-ring (bicyclic) bond motifs is 2. The van der Waals surface area contributed by atoms with Crippen LogP contribution in [0.25, 0.3) is 10.6 Å². The Bertz CT molecular complexity index is 683. The molecule has 2 aliphatic rings. The number of hydrogen-bond donors (Lipinski definition) is 0. The fraction of sp³-hybridized carbons (Fsp3) is 0.444. The van der Waals surface area contributed by atoms with Gasteiger partial charge in [-0.25, -0.2) is 4.98 Å². The van der Waals surface area contributed by atoms with E-state index < -0.39 is 0 Å². The molecule has 23 heavy (non-hydrogen) atoms. The molecule has 2 aliphatic heterocycles. The lowest BCUT2D eigenvalue weighted by molar-refractivity contribution is -0.156. The van der Waals surface area contributed by atoms with Crippen molar-refractivity contribution in [3.05, 3.63) is 41.4 Å². The van der Waals surface area contributed by atoms with Gasteiger partial charge < -0.3 is 9.47 Å². The number of nitrogens with zero attached hydrogens (tertiary/aromatic N) is 1. The molecule has 2 bridgehead atoms. The fourth-order valence-corrected chi connectivity index (χ4v) is 4.54. The zero-order valence-corrected chi connectivity index (χ0v) is 13.8. The predicted octanol–water partition coefficient (Wildman–Crippen LogP) is 3.63. The molecular formula is C18H19NO3S. The quantitative estimate of drug-likeness (QED) is 0.807. The summed E-state index contributed by atoms with van der Waals surface area (Å²) >= 11 is 1.63. The molecule has 3 heterocycles. The number of thiazole rings is 1. The van der Waals surface area contributed by atoms with E-state index in [2.05, 4.69) is 29.2 Å². The number of carbonyl (C=O) groups excluding carboxylic acids is 1. The average Bonchev–Trinajstić information content (AvgIpc) is 3.25. The van der Waals surface area contributed by atoms with Crippen molar-refractivity contribution < 1.29 is 14.3 Å². The van der Waals surface area contributed by atoms with Crippen LogP contribution in [0.15, 0.2) is 35.8 Å². The van der Waals surface area contributed by atoms with Crippen LogP contribution in [0.5, 0.6) is 0 Å². The normalized spacial score (nSPS) is 29.4. The average molecular weight is 329 g/mol. The Labute approximate surface area is 139 Å². The van der Waals surface area contributed by atoms with Crippen LogP contribution in [-0.2, 0) is 14.3 Å². The molecule has 0 N–H and O–H groups in total. The molecule has 120 valence electrons. The van der Waals surface area contributed by atoms with Crippen molar-refractivity contribution in [3.63, 3.8) is 0 Å². The zero-order chi connectivity index (χ0) is 15.8.